The standard InChI is InChI=1S/C19H21N7O/c1-14-15(2)26(13-23-14)18-11-17(21-12-22-18)24-7-9-25(10-8-24)19(27)16-3-5-20-6-4-16/h3-6,11-13H,7-10H2,1-2H3. The Balaban J connectivity index is 1.46. The predicted molar refractivity (Wildman–Crippen MR) is 101 cm³/mol. The monoisotopic (exact) mass is 363 g/mol. The predicted octanol–water partition coefficient (Wildman–Crippen LogP) is 1.64. The molecule has 0 radical (unpaired) electrons. The molecule has 4 rings (SSSR count). The number of carbonyl (C=O) groups is 1. The zero-order chi connectivity index (χ0) is 18.8. The molecule has 1 aliphatic heterocycles. The summed E-state index contributed by atoms with van der Waals surface area (Å²) in [6.07, 6.45) is 6.65. The van der Waals surface area contributed by atoms with E-state index in [-0.39, 0.29) is 5.91 Å². The van der Waals surface area contributed by atoms with Crippen LogP contribution in [0.1, 0.15) is 21.7 Å². The number of imidazole rings is 1. The van der Waals surface area contributed by atoms with Crippen molar-refractivity contribution in [2.24, 2.45) is 0 Å². The van der Waals surface area contributed by atoms with E-state index >= 15 is 0 Å². The molecule has 0 bridgehead atoms. The maximum atomic E-state index is 12.6. The van der Waals surface area contributed by atoms with E-state index in [1.165, 1.54) is 0 Å². The van der Waals surface area contributed by atoms with Crippen LogP contribution in [0.25, 0.3) is 5.82 Å². The van der Waals surface area contributed by atoms with E-state index in [0.717, 1.165) is 36.1 Å². The molecule has 0 N–H and O–H groups in total. The number of pyridine rings is 1. The lowest BCUT2D eigenvalue weighted by Gasteiger charge is -2.35. The van der Waals surface area contributed by atoms with E-state index in [1.807, 2.05) is 29.4 Å². The van der Waals surface area contributed by atoms with Crippen LogP contribution in [0.5, 0.6) is 0 Å². The van der Waals surface area contributed by atoms with Gasteiger partial charge in [-0.15, -0.1) is 0 Å². The summed E-state index contributed by atoms with van der Waals surface area (Å²) in [5.74, 6) is 1.71. The molecule has 3 aromatic rings. The average molecular weight is 363 g/mol. The zero-order valence-corrected chi connectivity index (χ0v) is 15.4. The number of amides is 1. The molecule has 1 fully saturated rings. The summed E-state index contributed by atoms with van der Waals surface area (Å²) < 4.78 is 1.96. The van der Waals surface area contributed by atoms with Crippen molar-refractivity contribution >= 4 is 11.7 Å². The van der Waals surface area contributed by atoms with Gasteiger partial charge in [-0.05, 0) is 26.0 Å². The van der Waals surface area contributed by atoms with Crippen LogP contribution in [0.2, 0.25) is 0 Å². The highest BCUT2D eigenvalue weighted by atomic mass is 16.2. The van der Waals surface area contributed by atoms with Crippen LogP contribution >= 0.6 is 0 Å². The van der Waals surface area contributed by atoms with E-state index in [9.17, 15) is 4.79 Å². The Morgan fingerprint density at radius 3 is 2.33 bits per heavy atom. The normalized spacial score (nSPS) is 14.4. The first kappa shape index (κ1) is 17.1. The van der Waals surface area contributed by atoms with Crippen molar-refractivity contribution in [1.29, 1.82) is 0 Å². The lowest BCUT2D eigenvalue weighted by Crippen LogP contribution is -2.49. The molecule has 0 aromatic carbocycles. The summed E-state index contributed by atoms with van der Waals surface area (Å²) in [5, 5.41) is 0. The zero-order valence-electron chi connectivity index (χ0n) is 15.4. The number of aromatic nitrogens is 5. The molecule has 0 saturated carbocycles. The Kier molecular flexibility index (Phi) is 4.53. The minimum atomic E-state index is 0.0462. The molecule has 8 heteroatoms. The van der Waals surface area contributed by atoms with Gasteiger partial charge in [0.15, 0.2) is 0 Å². The smallest absolute Gasteiger partial charge is 0.254 e. The van der Waals surface area contributed by atoms with Gasteiger partial charge in [-0.2, -0.15) is 0 Å². The number of nitrogens with zero attached hydrogens (tertiary/aromatic N) is 7. The van der Waals surface area contributed by atoms with Crippen LogP contribution in [0.15, 0.2) is 43.2 Å². The maximum absolute atomic E-state index is 12.6. The topological polar surface area (TPSA) is 80.0 Å². The lowest BCUT2D eigenvalue weighted by molar-refractivity contribution is 0.0746. The van der Waals surface area contributed by atoms with Gasteiger partial charge in [0.2, 0.25) is 0 Å². The summed E-state index contributed by atoms with van der Waals surface area (Å²) in [6, 6.07) is 5.47. The fraction of sp³-hybridized carbons (Fsp3) is 0.316. The molecule has 27 heavy (non-hydrogen) atoms. The van der Waals surface area contributed by atoms with Crippen molar-refractivity contribution in [2.45, 2.75) is 13.8 Å². The third-order valence-corrected chi connectivity index (χ3v) is 4.95. The number of rotatable bonds is 3. The Morgan fingerprint density at radius 1 is 0.963 bits per heavy atom. The second-order valence-electron chi connectivity index (χ2n) is 6.53. The van der Waals surface area contributed by atoms with E-state index < -0.39 is 0 Å². The molecule has 8 nitrogen and oxygen atoms in total. The lowest BCUT2D eigenvalue weighted by atomic mass is 10.2. The van der Waals surface area contributed by atoms with Crippen molar-refractivity contribution < 1.29 is 4.79 Å². The first-order valence-corrected chi connectivity index (χ1v) is 8.90. The van der Waals surface area contributed by atoms with Gasteiger partial charge in [-0.25, -0.2) is 15.0 Å². The second-order valence-corrected chi connectivity index (χ2v) is 6.53. The number of piperazine rings is 1. The number of anilines is 1. The third kappa shape index (κ3) is 3.38. The van der Waals surface area contributed by atoms with Crippen molar-refractivity contribution in [3.8, 4) is 5.82 Å². The van der Waals surface area contributed by atoms with Gasteiger partial charge >= 0.3 is 0 Å². The molecular formula is C19H21N7O. The molecule has 0 aliphatic carbocycles. The molecule has 0 unspecified atom stereocenters. The highest BCUT2D eigenvalue weighted by Crippen LogP contribution is 2.18. The fourth-order valence-corrected chi connectivity index (χ4v) is 3.19. The summed E-state index contributed by atoms with van der Waals surface area (Å²) in [7, 11) is 0. The Hall–Kier alpha value is -3.29. The quantitative estimate of drug-likeness (QED) is 0.704. The summed E-state index contributed by atoms with van der Waals surface area (Å²) in [4.78, 5) is 33.7. The van der Waals surface area contributed by atoms with E-state index in [4.69, 9.17) is 0 Å². The molecule has 1 aliphatic rings. The summed E-state index contributed by atoms with van der Waals surface area (Å²) >= 11 is 0. The third-order valence-electron chi connectivity index (χ3n) is 4.95. The molecule has 3 aromatic heterocycles. The SMILES string of the molecule is Cc1ncn(-c2cc(N3CCN(C(=O)c4ccncc4)CC3)ncn2)c1C. The largest absolute Gasteiger partial charge is 0.353 e. The second kappa shape index (κ2) is 7.14. The van der Waals surface area contributed by atoms with Crippen LogP contribution in [0.4, 0.5) is 5.82 Å². The molecule has 1 amide bonds. The molecule has 0 spiro atoms. The summed E-state index contributed by atoms with van der Waals surface area (Å²) in [6.45, 7) is 6.78. The van der Waals surface area contributed by atoms with Crippen molar-refractivity contribution in [1.82, 2.24) is 29.4 Å². The van der Waals surface area contributed by atoms with Gasteiger partial charge < -0.3 is 9.80 Å². The number of aryl methyl sites for hydroxylation is 1. The van der Waals surface area contributed by atoms with Crippen LogP contribution in [0.3, 0.4) is 0 Å². The first-order valence-electron chi connectivity index (χ1n) is 8.90. The average Bonchev–Trinajstić information content (AvgIpc) is 3.07. The maximum Gasteiger partial charge on any atom is 0.254 e. The van der Waals surface area contributed by atoms with Gasteiger partial charge in [-0.3, -0.25) is 14.3 Å². The Bertz CT molecular complexity index is 946. The molecular weight excluding hydrogens is 342 g/mol. The molecule has 4 heterocycles. The van der Waals surface area contributed by atoms with Crippen molar-refractivity contribution in [2.75, 3.05) is 31.1 Å². The highest BCUT2D eigenvalue weighted by Gasteiger charge is 2.23. The number of hydrogen-bond acceptors (Lipinski definition) is 6. The highest BCUT2D eigenvalue weighted by molar-refractivity contribution is 5.94. The van der Waals surface area contributed by atoms with Gasteiger partial charge in [0.25, 0.3) is 5.91 Å². The van der Waals surface area contributed by atoms with Crippen LogP contribution in [-0.4, -0.2) is 61.5 Å². The van der Waals surface area contributed by atoms with Gasteiger partial charge in [0, 0.05) is 55.9 Å². The van der Waals surface area contributed by atoms with Gasteiger partial charge in [0.1, 0.15) is 24.3 Å². The molecule has 138 valence electrons. The number of carbonyl (C=O) groups excluding carboxylic acids is 1. The summed E-state index contributed by atoms with van der Waals surface area (Å²) in [5.41, 5.74) is 2.72. The van der Waals surface area contributed by atoms with Crippen LogP contribution in [0, 0.1) is 13.8 Å². The fourth-order valence-electron chi connectivity index (χ4n) is 3.19. The van der Waals surface area contributed by atoms with Gasteiger partial charge in [0.05, 0.1) is 5.69 Å². The molecule has 0 atom stereocenters. The van der Waals surface area contributed by atoms with Gasteiger partial charge in [-0.1, -0.05) is 0 Å². The minimum Gasteiger partial charge on any atom is -0.353 e. The van der Waals surface area contributed by atoms with E-state index in [1.54, 1.807) is 37.2 Å². The van der Waals surface area contributed by atoms with Crippen molar-refractivity contribution in [3.05, 3.63) is 60.2 Å². The van der Waals surface area contributed by atoms with Crippen LogP contribution < -0.4 is 4.90 Å². The number of hydrogen-bond donors (Lipinski definition) is 0. The van der Waals surface area contributed by atoms with Crippen LogP contribution in [-0.2, 0) is 0 Å². The first-order chi connectivity index (χ1) is 13.1. The van der Waals surface area contributed by atoms with E-state index in [2.05, 4.69) is 24.8 Å². The minimum absolute atomic E-state index is 0.0462. The van der Waals surface area contributed by atoms with Crippen molar-refractivity contribution in [3.63, 3.8) is 0 Å². The Labute approximate surface area is 157 Å². The molecule has 1 saturated heterocycles. The van der Waals surface area contributed by atoms with E-state index in [0.29, 0.717) is 18.7 Å². The Morgan fingerprint density at radius 2 is 1.67 bits per heavy atom.